The van der Waals surface area contributed by atoms with Crippen LogP contribution >= 0.6 is 0 Å². The number of methoxy groups -OCH3 is 1. The summed E-state index contributed by atoms with van der Waals surface area (Å²) in [4.78, 5) is 17.8. The number of nitrogens with zero attached hydrogens (tertiary/aromatic N) is 2. The van der Waals surface area contributed by atoms with Gasteiger partial charge in [0.2, 0.25) is 0 Å². The lowest BCUT2D eigenvalue weighted by atomic mass is 10.1. The van der Waals surface area contributed by atoms with E-state index in [2.05, 4.69) is 10.9 Å². The molecule has 3 aromatic rings. The van der Waals surface area contributed by atoms with Crippen LogP contribution in [0.4, 0.5) is 4.39 Å². The van der Waals surface area contributed by atoms with Crippen molar-refractivity contribution in [2.75, 3.05) is 7.11 Å². The molecule has 1 unspecified atom stereocenters. The lowest BCUT2D eigenvalue weighted by molar-refractivity contribution is -0.0792. The first-order valence-corrected chi connectivity index (χ1v) is 9.02. The molecule has 0 fully saturated rings. The Balaban J connectivity index is 2.04. The summed E-state index contributed by atoms with van der Waals surface area (Å²) in [6, 6.07) is 10.8. The smallest absolute Gasteiger partial charge is 0.265 e. The van der Waals surface area contributed by atoms with Gasteiger partial charge in [-0.15, -0.1) is 6.42 Å². The van der Waals surface area contributed by atoms with Gasteiger partial charge in [0, 0.05) is 19.1 Å². The lowest BCUT2D eigenvalue weighted by Gasteiger charge is -2.14. The van der Waals surface area contributed by atoms with Crippen LogP contribution in [-0.4, -0.2) is 28.1 Å². The predicted octanol–water partition coefficient (Wildman–Crippen LogP) is 3.18. The summed E-state index contributed by atoms with van der Waals surface area (Å²) in [7, 11) is 1.45. The molecular formula is C22H21FN2O3. The number of aromatic nitrogens is 2. The lowest BCUT2D eigenvalue weighted by Crippen LogP contribution is -2.24. The summed E-state index contributed by atoms with van der Waals surface area (Å²) in [5, 5.41) is 9.96. The van der Waals surface area contributed by atoms with E-state index >= 15 is 0 Å². The number of aryl methyl sites for hydroxylation is 1. The van der Waals surface area contributed by atoms with Gasteiger partial charge in [0.15, 0.2) is 6.29 Å². The third-order valence-corrected chi connectivity index (χ3v) is 4.56. The monoisotopic (exact) mass is 380 g/mol. The quantitative estimate of drug-likeness (QED) is 0.388. The van der Waals surface area contributed by atoms with Crippen LogP contribution in [0.5, 0.6) is 0 Å². The highest BCUT2D eigenvalue weighted by atomic mass is 19.1. The number of halogens is 1. The fourth-order valence-corrected chi connectivity index (χ4v) is 3.07. The Morgan fingerprint density at radius 3 is 2.68 bits per heavy atom. The maximum Gasteiger partial charge on any atom is 0.265 e. The van der Waals surface area contributed by atoms with Gasteiger partial charge in [-0.05, 0) is 61.7 Å². The first-order valence-electron chi connectivity index (χ1n) is 9.02. The molecule has 0 aliphatic rings. The van der Waals surface area contributed by atoms with Crippen LogP contribution in [0.25, 0.3) is 16.6 Å². The van der Waals surface area contributed by atoms with Crippen LogP contribution in [-0.2, 0) is 11.2 Å². The van der Waals surface area contributed by atoms with E-state index in [9.17, 15) is 14.3 Å². The number of hydrogen-bond acceptors (Lipinski definition) is 4. The SMILES string of the molecule is C#Cc1ccc2c(=O)n(-c3ccc(F)cc3)c(CCCCC(O)OC)nc2c1. The number of terminal acetylenes is 1. The molecule has 1 N–H and O–H groups in total. The van der Waals surface area contributed by atoms with Gasteiger partial charge in [-0.25, -0.2) is 9.37 Å². The first kappa shape index (κ1) is 19.7. The Morgan fingerprint density at radius 2 is 2.00 bits per heavy atom. The molecule has 0 aliphatic heterocycles. The van der Waals surface area contributed by atoms with E-state index in [0.29, 0.717) is 53.7 Å². The van der Waals surface area contributed by atoms with Gasteiger partial charge in [-0.3, -0.25) is 9.36 Å². The predicted molar refractivity (Wildman–Crippen MR) is 106 cm³/mol. The molecule has 1 atom stereocenters. The van der Waals surface area contributed by atoms with E-state index in [1.165, 1.54) is 23.8 Å². The van der Waals surface area contributed by atoms with E-state index < -0.39 is 6.29 Å². The van der Waals surface area contributed by atoms with E-state index in [-0.39, 0.29) is 11.4 Å². The van der Waals surface area contributed by atoms with E-state index in [1.54, 1.807) is 30.3 Å². The normalized spacial score (nSPS) is 12.1. The van der Waals surface area contributed by atoms with Crippen molar-refractivity contribution in [3.8, 4) is 18.0 Å². The first-order chi connectivity index (χ1) is 13.5. The van der Waals surface area contributed by atoms with Crippen LogP contribution in [0.2, 0.25) is 0 Å². The van der Waals surface area contributed by atoms with Gasteiger partial charge < -0.3 is 9.84 Å². The summed E-state index contributed by atoms with van der Waals surface area (Å²) < 4.78 is 19.7. The number of benzene rings is 2. The average Bonchev–Trinajstić information content (AvgIpc) is 2.71. The second kappa shape index (κ2) is 8.79. The summed E-state index contributed by atoms with van der Waals surface area (Å²) in [5.41, 5.74) is 1.50. The molecule has 0 aliphatic carbocycles. The maximum absolute atomic E-state index is 13.3. The Hall–Kier alpha value is -3.01. The minimum absolute atomic E-state index is 0.230. The van der Waals surface area contributed by atoms with Gasteiger partial charge in [-0.2, -0.15) is 0 Å². The van der Waals surface area contributed by atoms with Crippen LogP contribution in [0.3, 0.4) is 0 Å². The van der Waals surface area contributed by atoms with Crippen molar-refractivity contribution in [1.29, 1.82) is 0 Å². The molecule has 1 aromatic heterocycles. The molecule has 0 saturated heterocycles. The maximum atomic E-state index is 13.3. The topological polar surface area (TPSA) is 64.4 Å². The number of aliphatic hydroxyl groups is 1. The van der Waals surface area contributed by atoms with Gasteiger partial charge >= 0.3 is 0 Å². The van der Waals surface area contributed by atoms with Crippen LogP contribution < -0.4 is 5.56 Å². The third kappa shape index (κ3) is 4.28. The molecule has 0 saturated carbocycles. The standard InChI is InChI=1S/C22H21FN2O3/c1-3-15-8-13-18-19(14-15)24-20(6-4-5-7-21(26)28-2)25(22(18)27)17-11-9-16(23)10-12-17/h1,8-14,21,26H,4-7H2,2H3. The number of hydrogen-bond donors (Lipinski definition) is 1. The second-order valence-corrected chi connectivity index (χ2v) is 6.46. The van der Waals surface area contributed by atoms with Crippen molar-refractivity contribution >= 4 is 10.9 Å². The zero-order valence-electron chi connectivity index (χ0n) is 15.6. The van der Waals surface area contributed by atoms with E-state index in [0.717, 1.165) is 0 Å². The molecule has 0 bridgehead atoms. The Bertz CT molecular complexity index is 1070. The minimum atomic E-state index is -0.804. The highest BCUT2D eigenvalue weighted by molar-refractivity contribution is 5.79. The molecule has 144 valence electrons. The zero-order valence-corrected chi connectivity index (χ0v) is 15.6. The molecular weight excluding hydrogens is 359 g/mol. The number of aliphatic hydroxyl groups excluding tert-OH is 1. The minimum Gasteiger partial charge on any atom is -0.368 e. The van der Waals surface area contributed by atoms with Crippen LogP contribution in [0.1, 0.15) is 30.7 Å². The average molecular weight is 380 g/mol. The third-order valence-electron chi connectivity index (χ3n) is 4.56. The zero-order chi connectivity index (χ0) is 20.1. The number of fused-ring (bicyclic) bond motifs is 1. The summed E-state index contributed by atoms with van der Waals surface area (Å²) in [6.07, 6.45) is 7.07. The number of rotatable bonds is 7. The Morgan fingerprint density at radius 1 is 1.25 bits per heavy atom. The van der Waals surface area contributed by atoms with Gasteiger partial charge in [0.05, 0.1) is 16.6 Å². The van der Waals surface area contributed by atoms with Gasteiger partial charge in [0.25, 0.3) is 5.56 Å². The number of ether oxygens (including phenoxy) is 1. The summed E-state index contributed by atoms with van der Waals surface area (Å²) >= 11 is 0. The molecule has 5 nitrogen and oxygen atoms in total. The van der Waals surface area contributed by atoms with Crippen molar-refractivity contribution < 1.29 is 14.2 Å². The Labute approximate surface area is 162 Å². The van der Waals surface area contributed by atoms with Gasteiger partial charge in [-0.1, -0.05) is 5.92 Å². The molecule has 0 radical (unpaired) electrons. The summed E-state index contributed by atoms with van der Waals surface area (Å²) in [6.45, 7) is 0. The van der Waals surface area contributed by atoms with Crippen molar-refractivity contribution in [1.82, 2.24) is 9.55 Å². The molecule has 3 rings (SSSR count). The van der Waals surface area contributed by atoms with Crippen LogP contribution in [0.15, 0.2) is 47.3 Å². The van der Waals surface area contributed by atoms with Crippen LogP contribution in [0, 0.1) is 18.2 Å². The highest BCUT2D eigenvalue weighted by Crippen LogP contribution is 2.17. The fraction of sp³-hybridized carbons (Fsp3) is 0.273. The van der Waals surface area contributed by atoms with E-state index in [1.807, 2.05) is 0 Å². The van der Waals surface area contributed by atoms with Crippen molar-refractivity contribution in [3.05, 3.63) is 70.0 Å². The molecule has 0 spiro atoms. The molecule has 0 amide bonds. The second-order valence-electron chi connectivity index (χ2n) is 6.46. The largest absolute Gasteiger partial charge is 0.368 e. The van der Waals surface area contributed by atoms with E-state index in [4.69, 9.17) is 11.2 Å². The molecule has 2 aromatic carbocycles. The van der Waals surface area contributed by atoms with Crippen molar-refractivity contribution in [3.63, 3.8) is 0 Å². The molecule has 28 heavy (non-hydrogen) atoms. The summed E-state index contributed by atoms with van der Waals surface area (Å²) in [5.74, 6) is 2.73. The molecule has 1 heterocycles. The molecule has 6 heteroatoms. The Kier molecular flexibility index (Phi) is 6.19. The van der Waals surface area contributed by atoms with Crippen molar-refractivity contribution in [2.24, 2.45) is 0 Å². The number of unbranched alkanes of at least 4 members (excludes halogenated alkanes) is 1. The van der Waals surface area contributed by atoms with Gasteiger partial charge in [0.1, 0.15) is 11.6 Å². The highest BCUT2D eigenvalue weighted by Gasteiger charge is 2.13. The van der Waals surface area contributed by atoms with Crippen molar-refractivity contribution in [2.45, 2.75) is 32.0 Å². The fourth-order valence-electron chi connectivity index (χ4n) is 3.07.